The molecule has 2 N–H and O–H groups in total. The minimum absolute atomic E-state index is 0.371. The first-order chi connectivity index (χ1) is 17.6. The molecule has 2 aromatic heterocycles. The zero-order chi connectivity index (χ0) is 26.4. The van der Waals surface area contributed by atoms with Crippen LogP contribution in [0, 0.1) is 0 Å². The number of anilines is 1. The number of pyridine rings is 1. The van der Waals surface area contributed by atoms with Gasteiger partial charge in [-0.05, 0) is 50.8 Å². The van der Waals surface area contributed by atoms with Crippen molar-refractivity contribution in [3.8, 4) is 17.0 Å². The summed E-state index contributed by atoms with van der Waals surface area (Å²) in [6.45, 7) is 6.60. The summed E-state index contributed by atoms with van der Waals surface area (Å²) >= 11 is 0. The summed E-state index contributed by atoms with van der Waals surface area (Å²) in [4.78, 5) is 25.2. The maximum Gasteiger partial charge on any atom is 0.314 e. The van der Waals surface area contributed by atoms with Crippen molar-refractivity contribution in [2.24, 2.45) is 0 Å². The molecule has 1 aliphatic carbocycles. The maximum atomic E-state index is 11.6. The van der Waals surface area contributed by atoms with Crippen LogP contribution in [-0.4, -0.2) is 62.3 Å². The molecule has 192 valence electrons. The van der Waals surface area contributed by atoms with Gasteiger partial charge in [-0.1, -0.05) is 30.3 Å². The van der Waals surface area contributed by atoms with Crippen LogP contribution in [0.2, 0.25) is 0 Å². The number of carboxylic acid groups (broad SMARTS) is 1. The lowest BCUT2D eigenvalue weighted by atomic mass is 9.94. The van der Waals surface area contributed by atoms with E-state index in [1.807, 2.05) is 82.5 Å². The van der Waals surface area contributed by atoms with Crippen molar-refractivity contribution in [1.82, 2.24) is 25.0 Å². The highest BCUT2D eigenvalue weighted by Crippen LogP contribution is 2.48. The van der Waals surface area contributed by atoms with Crippen molar-refractivity contribution in [2.45, 2.75) is 44.6 Å². The average molecular weight is 501 g/mol. The number of likely N-dealkylation sites (N-methyl/N-ethyl adjacent to an activating group) is 1. The van der Waals surface area contributed by atoms with E-state index in [0.717, 1.165) is 33.8 Å². The Balaban J connectivity index is 1.38. The summed E-state index contributed by atoms with van der Waals surface area (Å²) < 4.78 is 5.87. The van der Waals surface area contributed by atoms with Crippen LogP contribution in [0.4, 0.5) is 5.82 Å². The highest BCUT2D eigenvalue weighted by molar-refractivity contribution is 5.85. The van der Waals surface area contributed by atoms with Crippen molar-refractivity contribution in [1.29, 1.82) is 0 Å². The molecular formula is C28H32N6O3. The summed E-state index contributed by atoms with van der Waals surface area (Å²) in [7, 11) is 4.00. The van der Waals surface area contributed by atoms with Gasteiger partial charge in [-0.25, -0.2) is 5.01 Å². The Bertz CT molecular complexity index is 1340. The summed E-state index contributed by atoms with van der Waals surface area (Å²) in [6, 6.07) is 11.9. The van der Waals surface area contributed by atoms with E-state index < -0.39 is 11.4 Å². The topological polar surface area (TPSA) is 104 Å². The number of nitrogens with one attached hydrogen (secondary N) is 1. The van der Waals surface area contributed by atoms with Gasteiger partial charge in [0.15, 0.2) is 5.82 Å². The van der Waals surface area contributed by atoms with E-state index in [4.69, 9.17) is 9.72 Å². The fourth-order valence-electron chi connectivity index (χ4n) is 4.50. The van der Waals surface area contributed by atoms with Crippen molar-refractivity contribution < 1.29 is 14.6 Å². The fourth-order valence-corrected chi connectivity index (χ4v) is 4.50. The lowest BCUT2D eigenvalue weighted by Crippen LogP contribution is -2.32. The van der Waals surface area contributed by atoms with Crippen molar-refractivity contribution in [3.63, 3.8) is 0 Å². The third-order valence-corrected chi connectivity index (χ3v) is 6.78. The number of hydrogen-bond acceptors (Lipinski definition) is 8. The van der Waals surface area contributed by atoms with Crippen molar-refractivity contribution in [2.75, 3.05) is 26.0 Å². The summed E-state index contributed by atoms with van der Waals surface area (Å²) in [6.07, 6.45) is 6.53. The second kappa shape index (κ2) is 9.15. The van der Waals surface area contributed by atoms with Crippen molar-refractivity contribution >= 4 is 17.4 Å². The van der Waals surface area contributed by atoms with Crippen LogP contribution in [0.3, 0.4) is 0 Å². The van der Waals surface area contributed by atoms with Crippen molar-refractivity contribution in [3.05, 3.63) is 72.1 Å². The molecule has 0 spiro atoms. The highest BCUT2D eigenvalue weighted by atomic mass is 16.5. The average Bonchev–Trinajstić information content (AvgIpc) is 3.63. The number of aromatic nitrogens is 3. The summed E-state index contributed by atoms with van der Waals surface area (Å²) in [5.74, 6) is 1.17. The number of hydrogen-bond donors (Lipinski definition) is 2. The molecule has 2 aliphatic rings. The fraction of sp³-hybridized carbons (Fsp3) is 0.357. The van der Waals surface area contributed by atoms with E-state index in [9.17, 15) is 9.90 Å². The predicted octanol–water partition coefficient (Wildman–Crippen LogP) is 4.41. The molecule has 0 amide bonds. The molecule has 0 unspecified atom stereocenters. The molecule has 37 heavy (non-hydrogen) atoms. The van der Waals surface area contributed by atoms with Gasteiger partial charge in [-0.3, -0.25) is 19.8 Å². The number of carboxylic acids is 1. The zero-order valence-electron chi connectivity index (χ0n) is 21.8. The zero-order valence-corrected chi connectivity index (χ0v) is 21.8. The molecule has 1 aliphatic heterocycles. The number of nitrogens with zero attached hydrogens (tertiary/aromatic N) is 5. The van der Waals surface area contributed by atoms with E-state index in [-0.39, 0.29) is 5.60 Å². The van der Waals surface area contributed by atoms with Gasteiger partial charge in [-0.2, -0.15) is 4.98 Å². The number of carbonyl (C=O) groups is 1. The molecule has 1 aromatic carbocycles. The molecular weight excluding hydrogens is 468 g/mol. The number of aliphatic carboxylic acids is 1. The van der Waals surface area contributed by atoms with E-state index in [0.29, 0.717) is 31.1 Å². The predicted molar refractivity (Wildman–Crippen MR) is 142 cm³/mol. The van der Waals surface area contributed by atoms with Gasteiger partial charge in [0, 0.05) is 38.0 Å². The van der Waals surface area contributed by atoms with Gasteiger partial charge >= 0.3 is 5.97 Å². The smallest absolute Gasteiger partial charge is 0.314 e. The summed E-state index contributed by atoms with van der Waals surface area (Å²) in [5.41, 5.74) is 3.67. The van der Waals surface area contributed by atoms with Gasteiger partial charge in [-0.15, -0.1) is 0 Å². The van der Waals surface area contributed by atoms with Crippen LogP contribution >= 0.6 is 0 Å². The van der Waals surface area contributed by atoms with E-state index in [1.165, 1.54) is 0 Å². The van der Waals surface area contributed by atoms with Gasteiger partial charge in [0.1, 0.15) is 11.4 Å². The van der Waals surface area contributed by atoms with Gasteiger partial charge in [0.25, 0.3) is 0 Å². The van der Waals surface area contributed by atoms with Crippen LogP contribution in [0.15, 0.2) is 60.8 Å². The lowest BCUT2D eigenvalue weighted by Gasteiger charge is -2.25. The molecule has 0 atom stereocenters. The second-order valence-electron chi connectivity index (χ2n) is 10.6. The molecule has 0 radical (unpaired) electrons. The molecule has 9 heteroatoms. The molecule has 3 heterocycles. The van der Waals surface area contributed by atoms with E-state index in [1.54, 1.807) is 12.4 Å². The van der Waals surface area contributed by atoms with Gasteiger partial charge in [0.05, 0.1) is 23.5 Å². The third kappa shape index (κ3) is 4.99. The van der Waals surface area contributed by atoms with Crippen LogP contribution < -0.4 is 10.1 Å². The Hall–Kier alpha value is -3.98. The largest absolute Gasteiger partial charge is 0.481 e. The minimum Gasteiger partial charge on any atom is -0.481 e. The summed E-state index contributed by atoms with van der Waals surface area (Å²) in [5, 5.41) is 17.1. The highest BCUT2D eigenvalue weighted by Gasteiger charge is 2.51. The normalized spacial score (nSPS) is 17.2. The Morgan fingerprint density at radius 3 is 2.32 bits per heavy atom. The molecule has 0 bridgehead atoms. The molecule has 5 rings (SSSR count). The standard InChI is InChI=1S/C28H32N6O3/c1-27(2,3)37-24-16-29-15-23(31-24)32-25-21(17-33(4)34(25)5)22-11-8-19(14-30-22)18-6-9-20(10-7-18)28(12-13-28)26(35)36/h6-11,14-16H,12-13,17H2,1-5H3,(H,31,32)(H,35,36). The number of ether oxygens (including phenoxy) is 1. The Kier molecular flexibility index (Phi) is 6.11. The first-order valence-corrected chi connectivity index (χ1v) is 12.3. The molecule has 1 saturated carbocycles. The SMILES string of the molecule is CN1CC(c2ccc(-c3ccc(C4(C(=O)O)CC4)cc3)cn2)=C(Nc2cncc(OC(C)(C)C)n2)N1C. The first-order valence-electron chi connectivity index (χ1n) is 12.3. The maximum absolute atomic E-state index is 11.6. The molecule has 1 fully saturated rings. The number of rotatable bonds is 7. The quantitative estimate of drug-likeness (QED) is 0.488. The van der Waals surface area contributed by atoms with Crippen LogP contribution in [0.1, 0.15) is 44.9 Å². The lowest BCUT2D eigenvalue weighted by molar-refractivity contribution is -0.140. The molecule has 3 aromatic rings. The Morgan fingerprint density at radius 2 is 1.73 bits per heavy atom. The number of hydrazine groups is 1. The van der Waals surface area contributed by atoms with Gasteiger partial charge < -0.3 is 15.2 Å². The first kappa shape index (κ1) is 24.7. The number of benzene rings is 1. The second-order valence-corrected chi connectivity index (χ2v) is 10.6. The Labute approximate surface area is 216 Å². The monoisotopic (exact) mass is 500 g/mol. The van der Waals surface area contributed by atoms with Crippen LogP contribution in [-0.2, 0) is 10.2 Å². The van der Waals surface area contributed by atoms with E-state index in [2.05, 4.69) is 20.3 Å². The van der Waals surface area contributed by atoms with Gasteiger partial charge in [0.2, 0.25) is 5.88 Å². The van der Waals surface area contributed by atoms with Crippen LogP contribution in [0.25, 0.3) is 16.7 Å². The Morgan fingerprint density at radius 1 is 1.03 bits per heavy atom. The van der Waals surface area contributed by atoms with E-state index >= 15 is 0 Å². The van der Waals surface area contributed by atoms with Crippen LogP contribution in [0.5, 0.6) is 5.88 Å². The minimum atomic E-state index is -0.741. The third-order valence-electron chi connectivity index (χ3n) is 6.78. The molecule has 0 saturated heterocycles. The molecule has 9 nitrogen and oxygen atoms in total.